The second-order valence-corrected chi connectivity index (χ2v) is 4.45. The maximum absolute atomic E-state index is 5.30. The maximum Gasteiger partial charge on any atom is 0.224 e. The van der Waals surface area contributed by atoms with Crippen molar-refractivity contribution >= 4 is 17.5 Å². The summed E-state index contributed by atoms with van der Waals surface area (Å²) < 4.78 is 10.5. The summed E-state index contributed by atoms with van der Waals surface area (Å²) in [6, 6.07) is 5.63. The number of nitrogens with one attached hydrogen (secondary N) is 2. The lowest BCUT2D eigenvalue weighted by molar-refractivity contribution is 0.355. The molecule has 2 rings (SSSR count). The third kappa shape index (κ3) is 3.53. The van der Waals surface area contributed by atoms with E-state index in [1.165, 1.54) is 0 Å². The Kier molecular flexibility index (Phi) is 4.81. The summed E-state index contributed by atoms with van der Waals surface area (Å²) in [4.78, 5) is 8.67. The van der Waals surface area contributed by atoms with Crippen molar-refractivity contribution in [3.05, 3.63) is 30.0 Å². The lowest BCUT2D eigenvalue weighted by Crippen LogP contribution is -2.05. The van der Waals surface area contributed by atoms with Gasteiger partial charge in [-0.3, -0.25) is 0 Å². The van der Waals surface area contributed by atoms with E-state index in [1.54, 1.807) is 20.4 Å². The molecule has 0 radical (unpaired) electrons. The van der Waals surface area contributed by atoms with Crippen LogP contribution in [-0.4, -0.2) is 30.7 Å². The molecule has 1 aromatic carbocycles. The van der Waals surface area contributed by atoms with E-state index in [-0.39, 0.29) is 0 Å². The highest BCUT2D eigenvalue weighted by Gasteiger charge is 2.07. The van der Waals surface area contributed by atoms with Gasteiger partial charge in [0.1, 0.15) is 5.82 Å². The monoisotopic (exact) mass is 288 g/mol. The molecule has 6 nitrogen and oxygen atoms in total. The summed E-state index contributed by atoms with van der Waals surface area (Å²) >= 11 is 0. The Bertz CT molecular complexity index is 617. The Balaban J connectivity index is 2.27. The molecule has 0 aliphatic carbocycles. The average molecular weight is 288 g/mol. The number of benzene rings is 1. The van der Waals surface area contributed by atoms with Crippen LogP contribution in [0.2, 0.25) is 0 Å². The third-order valence-electron chi connectivity index (χ3n) is 2.95. The molecule has 0 spiro atoms. The van der Waals surface area contributed by atoms with Crippen molar-refractivity contribution < 1.29 is 9.47 Å². The quantitative estimate of drug-likeness (QED) is 0.851. The molecular formula is C15H20N4O2. The SMILES string of the molecule is CCNc1ncc(C)c(Nc2ccc(OC)c(OC)c2)n1. The fourth-order valence-electron chi connectivity index (χ4n) is 1.86. The van der Waals surface area contributed by atoms with Gasteiger partial charge >= 0.3 is 0 Å². The van der Waals surface area contributed by atoms with Crippen LogP contribution in [0.15, 0.2) is 24.4 Å². The standard InChI is InChI=1S/C15H20N4O2/c1-5-16-15-17-9-10(2)14(19-15)18-11-6-7-12(20-3)13(8-11)21-4/h6-9H,5H2,1-4H3,(H2,16,17,18,19). The van der Waals surface area contributed by atoms with Gasteiger partial charge in [0.15, 0.2) is 11.5 Å². The van der Waals surface area contributed by atoms with Crippen LogP contribution < -0.4 is 20.1 Å². The molecule has 2 N–H and O–H groups in total. The van der Waals surface area contributed by atoms with Crippen molar-refractivity contribution in [2.24, 2.45) is 0 Å². The van der Waals surface area contributed by atoms with Crippen LogP contribution in [0.25, 0.3) is 0 Å². The van der Waals surface area contributed by atoms with Gasteiger partial charge in [-0.05, 0) is 26.0 Å². The first-order valence-corrected chi connectivity index (χ1v) is 6.74. The summed E-state index contributed by atoms with van der Waals surface area (Å²) in [7, 11) is 3.23. The summed E-state index contributed by atoms with van der Waals surface area (Å²) in [6.07, 6.45) is 1.79. The maximum atomic E-state index is 5.30. The minimum Gasteiger partial charge on any atom is -0.493 e. The van der Waals surface area contributed by atoms with Gasteiger partial charge < -0.3 is 20.1 Å². The van der Waals surface area contributed by atoms with E-state index in [9.17, 15) is 0 Å². The Morgan fingerprint density at radius 3 is 2.57 bits per heavy atom. The first-order valence-electron chi connectivity index (χ1n) is 6.74. The second kappa shape index (κ2) is 6.78. The highest BCUT2D eigenvalue weighted by molar-refractivity contribution is 5.63. The van der Waals surface area contributed by atoms with E-state index >= 15 is 0 Å². The third-order valence-corrected chi connectivity index (χ3v) is 2.95. The zero-order valence-electron chi connectivity index (χ0n) is 12.7. The number of rotatable bonds is 6. The number of aromatic nitrogens is 2. The number of ether oxygens (including phenoxy) is 2. The summed E-state index contributed by atoms with van der Waals surface area (Å²) in [5, 5.41) is 6.37. The Morgan fingerprint density at radius 1 is 1.14 bits per heavy atom. The van der Waals surface area contributed by atoms with Gasteiger partial charge in [0.05, 0.1) is 14.2 Å². The van der Waals surface area contributed by atoms with E-state index in [2.05, 4.69) is 20.6 Å². The zero-order valence-corrected chi connectivity index (χ0v) is 12.7. The van der Waals surface area contributed by atoms with Gasteiger partial charge in [-0.25, -0.2) is 4.98 Å². The second-order valence-electron chi connectivity index (χ2n) is 4.45. The van der Waals surface area contributed by atoms with Gasteiger partial charge in [-0.2, -0.15) is 4.98 Å². The number of anilines is 3. The molecule has 0 aliphatic heterocycles. The number of hydrogen-bond acceptors (Lipinski definition) is 6. The van der Waals surface area contributed by atoms with E-state index in [0.29, 0.717) is 17.4 Å². The Hall–Kier alpha value is -2.50. The molecule has 0 saturated carbocycles. The van der Waals surface area contributed by atoms with Gasteiger partial charge in [0, 0.05) is 30.1 Å². The zero-order chi connectivity index (χ0) is 15.2. The lowest BCUT2D eigenvalue weighted by Gasteiger charge is -2.13. The minimum atomic E-state index is 0.603. The molecular weight excluding hydrogens is 268 g/mol. The predicted octanol–water partition coefficient (Wildman–Crippen LogP) is 2.98. The largest absolute Gasteiger partial charge is 0.493 e. The molecule has 0 aliphatic rings. The topological polar surface area (TPSA) is 68.3 Å². The van der Waals surface area contributed by atoms with Crippen LogP contribution in [0.4, 0.5) is 17.5 Å². The first-order chi connectivity index (χ1) is 10.2. The molecule has 0 amide bonds. The predicted molar refractivity (Wildman–Crippen MR) is 83.8 cm³/mol. The van der Waals surface area contributed by atoms with Crippen molar-refractivity contribution in [3.63, 3.8) is 0 Å². The van der Waals surface area contributed by atoms with Crippen LogP contribution in [-0.2, 0) is 0 Å². The molecule has 0 saturated heterocycles. The van der Waals surface area contributed by atoms with Crippen LogP contribution >= 0.6 is 0 Å². The first kappa shape index (κ1) is 14.9. The van der Waals surface area contributed by atoms with Gasteiger partial charge in [0.25, 0.3) is 0 Å². The minimum absolute atomic E-state index is 0.603. The van der Waals surface area contributed by atoms with E-state index in [4.69, 9.17) is 9.47 Å². The molecule has 0 fully saturated rings. The normalized spacial score (nSPS) is 10.1. The highest BCUT2D eigenvalue weighted by atomic mass is 16.5. The van der Waals surface area contributed by atoms with Gasteiger partial charge in [-0.1, -0.05) is 0 Å². The molecule has 0 unspecified atom stereocenters. The van der Waals surface area contributed by atoms with Crippen LogP contribution in [0.1, 0.15) is 12.5 Å². The number of nitrogens with zero attached hydrogens (tertiary/aromatic N) is 2. The molecule has 112 valence electrons. The number of aryl methyl sites for hydroxylation is 1. The van der Waals surface area contributed by atoms with Crippen LogP contribution in [0, 0.1) is 6.92 Å². The van der Waals surface area contributed by atoms with Crippen LogP contribution in [0.3, 0.4) is 0 Å². The molecule has 21 heavy (non-hydrogen) atoms. The smallest absolute Gasteiger partial charge is 0.224 e. The average Bonchev–Trinajstić information content (AvgIpc) is 2.50. The van der Waals surface area contributed by atoms with Crippen LogP contribution in [0.5, 0.6) is 11.5 Å². The van der Waals surface area contributed by atoms with Crippen molar-refractivity contribution in [1.82, 2.24) is 9.97 Å². The molecule has 2 aromatic rings. The van der Waals surface area contributed by atoms with Crippen molar-refractivity contribution in [1.29, 1.82) is 0 Å². The molecule has 6 heteroatoms. The summed E-state index contributed by atoms with van der Waals surface area (Å²) in [5.74, 6) is 2.72. The van der Waals surface area contributed by atoms with E-state index in [0.717, 1.165) is 23.6 Å². The lowest BCUT2D eigenvalue weighted by atomic mass is 10.2. The molecule has 1 heterocycles. The molecule has 1 aromatic heterocycles. The summed E-state index contributed by atoms with van der Waals surface area (Å²) in [5.41, 5.74) is 1.84. The Morgan fingerprint density at radius 2 is 1.90 bits per heavy atom. The van der Waals surface area contributed by atoms with Crippen molar-refractivity contribution in [3.8, 4) is 11.5 Å². The fraction of sp³-hybridized carbons (Fsp3) is 0.333. The van der Waals surface area contributed by atoms with Gasteiger partial charge in [0.2, 0.25) is 5.95 Å². The molecule has 0 bridgehead atoms. The van der Waals surface area contributed by atoms with E-state index in [1.807, 2.05) is 32.0 Å². The van der Waals surface area contributed by atoms with E-state index < -0.39 is 0 Å². The molecule has 0 atom stereocenters. The fourth-order valence-corrected chi connectivity index (χ4v) is 1.86. The highest BCUT2D eigenvalue weighted by Crippen LogP contribution is 2.31. The Labute approximate surface area is 124 Å². The number of hydrogen-bond donors (Lipinski definition) is 2. The van der Waals surface area contributed by atoms with Crippen molar-refractivity contribution in [2.45, 2.75) is 13.8 Å². The van der Waals surface area contributed by atoms with Crippen molar-refractivity contribution in [2.75, 3.05) is 31.4 Å². The number of methoxy groups -OCH3 is 2. The summed E-state index contributed by atoms with van der Waals surface area (Å²) in [6.45, 7) is 4.74. The van der Waals surface area contributed by atoms with Gasteiger partial charge in [-0.15, -0.1) is 0 Å².